The van der Waals surface area contributed by atoms with Gasteiger partial charge in [0.25, 0.3) is 0 Å². The average molecular weight is 389 g/mol. The lowest BCUT2D eigenvalue weighted by Gasteiger charge is -2.06. The van der Waals surface area contributed by atoms with Crippen molar-refractivity contribution in [3.8, 4) is 5.69 Å². The Morgan fingerprint density at radius 3 is 2.81 bits per heavy atom. The van der Waals surface area contributed by atoms with E-state index < -0.39 is 0 Å². The Morgan fingerprint density at radius 2 is 2.12 bits per heavy atom. The number of amides is 1. The minimum absolute atomic E-state index is 0.131. The number of nitrogens with zero attached hydrogens (tertiary/aromatic N) is 5. The number of thioether (sulfide) groups is 1. The summed E-state index contributed by atoms with van der Waals surface area (Å²) in [5, 5.41) is 17.7. The zero-order chi connectivity index (χ0) is 18.4. The number of unbranched alkanes of at least 4 members (excludes halogenated alkanes) is 1. The molecule has 9 heteroatoms. The summed E-state index contributed by atoms with van der Waals surface area (Å²) in [6, 6.07) is 8.20. The first-order valence-corrected chi connectivity index (χ1v) is 10.2. The highest BCUT2D eigenvalue weighted by Gasteiger charge is 2.12. The van der Waals surface area contributed by atoms with Crippen LogP contribution in [0.1, 0.15) is 31.0 Å². The number of carbonyl (C=O) groups is 1. The van der Waals surface area contributed by atoms with E-state index in [2.05, 4.69) is 44.9 Å². The molecule has 0 unspecified atom stereocenters. The zero-order valence-corrected chi connectivity index (χ0v) is 16.3. The maximum atomic E-state index is 12.1. The fraction of sp³-hybridized carbons (Fsp3) is 0.353. The molecule has 3 aromatic rings. The highest BCUT2D eigenvalue weighted by atomic mass is 32.2. The van der Waals surface area contributed by atoms with Crippen molar-refractivity contribution in [2.45, 2.75) is 38.3 Å². The topological polar surface area (TPSA) is 85.6 Å². The van der Waals surface area contributed by atoms with E-state index in [9.17, 15) is 4.79 Å². The van der Waals surface area contributed by atoms with Crippen LogP contribution in [0.15, 0.2) is 34.8 Å². The number of nitrogens with one attached hydrogen (secondary N) is 1. The lowest BCUT2D eigenvalue weighted by atomic mass is 10.1. The molecule has 7 nitrogen and oxygen atoms in total. The molecule has 0 saturated carbocycles. The molecule has 2 aromatic heterocycles. The molecule has 1 N–H and O–H groups in total. The van der Waals surface area contributed by atoms with Gasteiger partial charge in [0.1, 0.15) is 0 Å². The lowest BCUT2D eigenvalue weighted by Crippen LogP contribution is -2.14. The summed E-state index contributed by atoms with van der Waals surface area (Å²) >= 11 is 2.70. The first-order valence-electron chi connectivity index (χ1n) is 8.38. The van der Waals surface area contributed by atoms with E-state index in [4.69, 9.17) is 0 Å². The number of thiazole rings is 1. The number of anilines is 1. The van der Waals surface area contributed by atoms with Crippen molar-refractivity contribution in [2.75, 3.05) is 11.1 Å². The summed E-state index contributed by atoms with van der Waals surface area (Å²) in [7, 11) is 0. The Balaban J connectivity index is 1.60. The van der Waals surface area contributed by atoms with Crippen molar-refractivity contribution >= 4 is 34.1 Å². The van der Waals surface area contributed by atoms with Crippen molar-refractivity contribution in [2.24, 2.45) is 0 Å². The largest absolute Gasteiger partial charge is 0.301 e. The maximum Gasteiger partial charge on any atom is 0.236 e. The van der Waals surface area contributed by atoms with Crippen LogP contribution in [0.4, 0.5) is 5.13 Å². The number of aromatic nitrogens is 5. The first-order chi connectivity index (χ1) is 12.7. The molecule has 0 spiro atoms. The third-order valence-electron chi connectivity index (χ3n) is 3.64. The molecule has 1 amide bonds. The second-order valence-corrected chi connectivity index (χ2v) is 7.57. The Hall–Kier alpha value is -2.26. The van der Waals surface area contributed by atoms with Gasteiger partial charge in [-0.3, -0.25) is 4.79 Å². The number of rotatable bonds is 8. The summed E-state index contributed by atoms with van der Waals surface area (Å²) in [6.07, 6.45) is 3.43. The van der Waals surface area contributed by atoms with Crippen LogP contribution in [-0.2, 0) is 11.2 Å². The van der Waals surface area contributed by atoms with E-state index in [0.717, 1.165) is 17.8 Å². The van der Waals surface area contributed by atoms with Crippen LogP contribution in [-0.4, -0.2) is 36.9 Å². The summed E-state index contributed by atoms with van der Waals surface area (Å²) in [4.78, 5) is 16.3. The highest BCUT2D eigenvalue weighted by Crippen LogP contribution is 2.20. The van der Waals surface area contributed by atoms with Crippen molar-refractivity contribution in [1.82, 2.24) is 25.2 Å². The molecule has 0 radical (unpaired) electrons. The van der Waals surface area contributed by atoms with Gasteiger partial charge in [-0.2, -0.15) is 4.68 Å². The molecule has 136 valence electrons. The molecule has 2 heterocycles. The standard InChI is InChI=1S/C17H20N6OS2/c1-3-4-5-13-6-8-14(9-7-13)23-17(20-21-22-23)26-11-15(24)19-16-18-12(2)10-25-16/h6-10H,3-5,11H2,1-2H3,(H,18,19,24). The Labute approximate surface area is 160 Å². The van der Waals surface area contributed by atoms with E-state index >= 15 is 0 Å². The minimum Gasteiger partial charge on any atom is -0.301 e. The third-order valence-corrected chi connectivity index (χ3v) is 5.43. The van der Waals surface area contributed by atoms with Gasteiger partial charge in [0.15, 0.2) is 5.13 Å². The van der Waals surface area contributed by atoms with Crippen LogP contribution in [0.3, 0.4) is 0 Å². The Morgan fingerprint density at radius 1 is 1.31 bits per heavy atom. The molecule has 0 bridgehead atoms. The summed E-state index contributed by atoms with van der Waals surface area (Å²) in [5.74, 6) is 0.0851. The number of tetrazole rings is 1. The Kier molecular flexibility index (Phi) is 6.35. The van der Waals surface area contributed by atoms with Crippen LogP contribution in [0.2, 0.25) is 0 Å². The molecular formula is C17H20N6OS2. The van der Waals surface area contributed by atoms with Crippen LogP contribution < -0.4 is 5.32 Å². The van der Waals surface area contributed by atoms with Crippen molar-refractivity contribution in [1.29, 1.82) is 0 Å². The van der Waals surface area contributed by atoms with Crippen LogP contribution in [0, 0.1) is 6.92 Å². The number of carbonyl (C=O) groups excluding carboxylic acids is 1. The molecule has 0 saturated heterocycles. The maximum absolute atomic E-state index is 12.1. The number of benzene rings is 1. The fourth-order valence-electron chi connectivity index (χ4n) is 2.31. The van der Waals surface area contributed by atoms with Crippen LogP contribution in [0.5, 0.6) is 0 Å². The molecule has 0 fully saturated rings. The van der Waals surface area contributed by atoms with E-state index in [-0.39, 0.29) is 11.7 Å². The molecule has 0 aliphatic carbocycles. The summed E-state index contributed by atoms with van der Waals surface area (Å²) in [5.41, 5.74) is 3.08. The van der Waals surface area contributed by atoms with Crippen molar-refractivity contribution < 1.29 is 4.79 Å². The molecule has 0 aliphatic heterocycles. The van der Waals surface area contributed by atoms with Gasteiger partial charge in [-0.15, -0.1) is 16.4 Å². The second-order valence-electron chi connectivity index (χ2n) is 5.77. The highest BCUT2D eigenvalue weighted by molar-refractivity contribution is 7.99. The monoisotopic (exact) mass is 388 g/mol. The summed E-state index contributed by atoms with van der Waals surface area (Å²) in [6.45, 7) is 4.08. The minimum atomic E-state index is -0.131. The molecule has 3 rings (SSSR count). The SMILES string of the molecule is CCCCc1ccc(-n2nnnc2SCC(=O)Nc2nc(C)cs2)cc1. The smallest absolute Gasteiger partial charge is 0.236 e. The van der Waals surface area contributed by atoms with Gasteiger partial charge in [0.2, 0.25) is 11.1 Å². The Bertz CT molecular complexity index is 858. The van der Waals surface area contributed by atoms with Crippen LogP contribution >= 0.6 is 23.1 Å². The van der Waals surface area contributed by atoms with E-state index in [1.165, 1.54) is 41.5 Å². The van der Waals surface area contributed by atoms with Gasteiger partial charge >= 0.3 is 0 Å². The van der Waals surface area contributed by atoms with Gasteiger partial charge in [-0.05, 0) is 47.9 Å². The number of hydrogen-bond acceptors (Lipinski definition) is 7. The van der Waals surface area contributed by atoms with Crippen molar-refractivity contribution in [3.05, 3.63) is 40.9 Å². The quantitative estimate of drug-likeness (QED) is 0.595. The lowest BCUT2D eigenvalue weighted by molar-refractivity contribution is -0.113. The molecule has 0 aliphatic rings. The van der Waals surface area contributed by atoms with Crippen molar-refractivity contribution in [3.63, 3.8) is 0 Å². The van der Waals surface area contributed by atoms with E-state index in [1.807, 2.05) is 24.4 Å². The normalized spacial score (nSPS) is 10.8. The third kappa shape index (κ3) is 4.89. The second kappa shape index (κ2) is 8.91. The van der Waals surface area contributed by atoms with E-state index in [0.29, 0.717) is 10.3 Å². The zero-order valence-electron chi connectivity index (χ0n) is 14.7. The van der Waals surface area contributed by atoms with Gasteiger partial charge in [0, 0.05) is 5.38 Å². The van der Waals surface area contributed by atoms with E-state index in [1.54, 1.807) is 4.68 Å². The predicted octanol–water partition coefficient (Wildman–Crippen LogP) is 3.50. The molecule has 1 aromatic carbocycles. The van der Waals surface area contributed by atoms with Gasteiger partial charge in [-0.1, -0.05) is 37.2 Å². The van der Waals surface area contributed by atoms with Crippen LogP contribution in [0.25, 0.3) is 5.69 Å². The average Bonchev–Trinajstić information content (AvgIpc) is 3.27. The number of hydrogen-bond donors (Lipinski definition) is 1. The van der Waals surface area contributed by atoms with Gasteiger partial charge in [-0.25, -0.2) is 4.98 Å². The van der Waals surface area contributed by atoms with Gasteiger partial charge < -0.3 is 5.32 Å². The number of aryl methyl sites for hydroxylation is 2. The first kappa shape index (κ1) is 18.5. The molecule has 26 heavy (non-hydrogen) atoms. The molecule has 0 atom stereocenters. The predicted molar refractivity (Wildman–Crippen MR) is 104 cm³/mol. The summed E-state index contributed by atoms with van der Waals surface area (Å²) < 4.78 is 1.65. The fourth-order valence-corrected chi connectivity index (χ4v) is 3.71. The van der Waals surface area contributed by atoms with Gasteiger partial charge in [0.05, 0.1) is 17.1 Å². The molecular weight excluding hydrogens is 368 g/mol.